The number of nitrogens with one attached hydrogen (secondary N) is 1. The van der Waals surface area contributed by atoms with Crippen LogP contribution in [0, 0.1) is 17.7 Å². The van der Waals surface area contributed by atoms with Gasteiger partial charge >= 0.3 is 0 Å². The molecule has 1 amide bonds. The third-order valence-corrected chi connectivity index (χ3v) is 7.40. The molecule has 1 aliphatic heterocycles. The summed E-state index contributed by atoms with van der Waals surface area (Å²) in [6.45, 7) is 1.82. The van der Waals surface area contributed by atoms with Gasteiger partial charge in [0.1, 0.15) is 5.82 Å². The SMILES string of the molecule is O=C(CSc1nnc(Nc2cccc(F)c2)s1)N1CC[C@@H]2CCCC[C@@H]2C1. The molecule has 1 saturated carbocycles. The topological polar surface area (TPSA) is 58.1 Å². The smallest absolute Gasteiger partial charge is 0.233 e. The minimum atomic E-state index is -0.300. The van der Waals surface area contributed by atoms with E-state index in [0.29, 0.717) is 22.5 Å². The zero-order chi connectivity index (χ0) is 18.6. The van der Waals surface area contributed by atoms with E-state index in [-0.39, 0.29) is 11.7 Å². The number of piperidine rings is 1. The van der Waals surface area contributed by atoms with E-state index in [1.165, 1.54) is 60.9 Å². The molecular formula is C19H23FN4OS2. The van der Waals surface area contributed by atoms with Crippen LogP contribution < -0.4 is 5.32 Å². The van der Waals surface area contributed by atoms with Gasteiger partial charge in [-0.05, 0) is 42.9 Å². The summed E-state index contributed by atoms with van der Waals surface area (Å²) in [5.74, 6) is 1.82. The van der Waals surface area contributed by atoms with Gasteiger partial charge in [0.2, 0.25) is 11.0 Å². The molecule has 5 nitrogen and oxygen atoms in total. The fraction of sp³-hybridized carbons (Fsp3) is 0.526. The number of amides is 1. The van der Waals surface area contributed by atoms with E-state index in [1.54, 1.807) is 12.1 Å². The predicted octanol–water partition coefficient (Wildman–Crippen LogP) is 4.55. The molecule has 2 atom stereocenters. The monoisotopic (exact) mass is 406 g/mol. The Kier molecular flexibility index (Phi) is 5.92. The zero-order valence-corrected chi connectivity index (χ0v) is 16.7. The van der Waals surface area contributed by atoms with Crippen LogP contribution >= 0.6 is 23.1 Å². The Balaban J connectivity index is 1.27. The number of anilines is 2. The Morgan fingerprint density at radius 1 is 1.26 bits per heavy atom. The number of aromatic nitrogens is 2. The van der Waals surface area contributed by atoms with Crippen molar-refractivity contribution in [3.8, 4) is 0 Å². The van der Waals surface area contributed by atoms with Crippen molar-refractivity contribution in [3.05, 3.63) is 30.1 Å². The summed E-state index contributed by atoms with van der Waals surface area (Å²) in [5, 5.41) is 11.8. The van der Waals surface area contributed by atoms with E-state index < -0.39 is 0 Å². The largest absolute Gasteiger partial charge is 0.342 e. The first-order chi connectivity index (χ1) is 13.2. The molecule has 2 aromatic rings. The number of benzene rings is 1. The predicted molar refractivity (Wildman–Crippen MR) is 107 cm³/mol. The van der Waals surface area contributed by atoms with Crippen LogP contribution in [-0.4, -0.2) is 39.8 Å². The van der Waals surface area contributed by atoms with Gasteiger partial charge in [0.05, 0.1) is 5.75 Å². The van der Waals surface area contributed by atoms with Crippen molar-refractivity contribution in [2.24, 2.45) is 11.8 Å². The van der Waals surface area contributed by atoms with Crippen LogP contribution in [0.2, 0.25) is 0 Å². The summed E-state index contributed by atoms with van der Waals surface area (Å²) in [7, 11) is 0. The molecule has 2 heterocycles. The number of halogens is 1. The molecule has 1 aliphatic carbocycles. The highest BCUT2D eigenvalue weighted by Crippen LogP contribution is 2.36. The maximum atomic E-state index is 13.2. The second-order valence-corrected chi connectivity index (χ2v) is 9.43. The number of hydrogen-bond acceptors (Lipinski definition) is 6. The zero-order valence-electron chi connectivity index (χ0n) is 15.1. The average molecular weight is 407 g/mol. The van der Waals surface area contributed by atoms with Crippen molar-refractivity contribution < 1.29 is 9.18 Å². The number of carbonyl (C=O) groups is 1. The lowest BCUT2D eigenvalue weighted by molar-refractivity contribution is -0.131. The van der Waals surface area contributed by atoms with Crippen molar-refractivity contribution >= 4 is 39.8 Å². The van der Waals surface area contributed by atoms with E-state index in [2.05, 4.69) is 15.5 Å². The summed E-state index contributed by atoms with van der Waals surface area (Å²) >= 11 is 2.80. The number of hydrogen-bond donors (Lipinski definition) is 1. The third-order valence-electron chi connectivity index (χ3n) is 5.45. The number of nitrogens with zero attached hydrogens (tertiary/aromatic N) is 3. The van der Waals surface area contributed by atoms with Crippen LogP contribution in [0.25, 0.3) is 0 Å². The maximum Gasteiger partial charge on any atom is 0.233 e. The van der Waals surface area contributed by atoms with E-state index in [4.69, 9.17) is 0 Å². The molecule has 1 aromatic carbocycles. The minimum Gasteiger partial charge on any atom is -0.342 e. The first-order valence-corrected chi connectivity index (χ1v) is 11.2. The van der Waals surface area contributed by atoms with Crippen molar-refractivity contribution in [2.45, 2.75) is 36.4 Å². The van der Waals surface area contributed by atoms with Gasteiger partial charge in [0.25, 0.3) is 0 Å². The van der Waals surface area contributed by atoms with E-state index >= 15 is 0 Å². The molecule has 8 heteroatoms. The van der Waals surface area contributed by atoms with Gasteiger partial charge in [-0.2, -0.15) is 0 Å². The number of carbonyl (C=O) groups excluding carboxylic acids is 1. The van der Waals surface area contributed by atoms with Crippen LogP contribution in [0.1, 0.15) is 32.1 Å². The van der Waals surface area contributed by atoms with Crippen LogP contribution in [-0.2, 0) is 4.79 Å². The van der Waals surface area contributed by atoms with E-state index in [0.717, 1.165) is 29.8 Å². The molecule has 0 radical (unpaired) electrons. The summed E-state index contributed by atoms with van der Waals surface area (Å²) in [4.78, 5) is 14.6. The second kappa shape index (κ2) is 8.56. The summed E-state index contributed by atoms with van der Waals surface area (Å²) in [5.41, 5.74) is 0.633. The van der Waals surface area contributed by atoms with Crippen LogP contribution in [0.4, 0.5) is 15.2 Å². The molecule has 2 aliphatic rings. The lowest BCUT2D eigenvalue weighted by Gasteiger charge is -2.41. The van der Waals surface area contributed by atoms with Gasteiger partial charge in [-0.25, -0.2) is 4.39 Å². The van der Waals surface area contributed by atoms with Crippen LogP contribution in [0.3, 0.4) is 0 Å². The number of rotatable bonds is 5. The highest BCUT2D eigenvalue weighted by molar-refractivity contribution is 8.01. The van der Waals surface area contributed by atoms with Crippen molar-refractivity contribution in [1.29, 1.82) is 0 Å². The van der Waals surface area contributed by atoms with Crippen LogP contribution in [0.5, 0.6) is 0 Å². The standard InChI is InChI=1S/C19H23FN4OS2/c20-15-6-3-7-16(10-15)21-18-22-23-19(27-18)26-12-17(25)24-9-8-13-4-1-2-5-14(13)11-24/h3,6-7,10,13-14H,1-2,4-5,8-9,11-12H2,(H,21,22)/t13-,14+/m0/s1. The molecule has 144 valence electrons. The normalized spacial score (nSPS) is 22.3. The molecule has 0 unspecified atom stereocenters. The Hall–Kier alpha value is -1.67. The van der Waals surface area contributed by atoms with E-state index in [1.807, 2.05) is 4.90 Å². The molecule has 1 saturated heterocycles. The molecule has 27 heavy (non-hydrogen) atoms. The maximum absolute atomic E-state index is 13.2. The van der Waals surface area contributed by atoms with Crippen molar-refractivity contribution in [2.75, 3.05) is 24.2 Å². The lowest BCUT2D eigenvalue weighted by Crippen LogP contribution is -2.45. The van der Waals surface area contributed by atoms with Gasteiger partial charge in [-0.3, -0.25) is 4.79 Å². The first-order valence-electron chi connectivity index (χ1n) is 9.44. The lowest BCUT2D eigenvalue weighted by atomic mass is 9.75. The van der Waals surface area contributed by atoms with Crippen molar-refractivity contribution in [3.63, 3.8) is 0 Å². The molecule has 4 rings (SSSR count). The molecule has 2 fully saturated rings. The Morgan fingerprint density at radius 3 is 2.96 bits per heavy atom. The number of thioether (sulfide) groups is 1. The van der Waals surface area contributed by atoms with Gasteiger partial charge in [-0.15, -0.1) is 10.2 Å². The Bertz CT molecular complexity index is 800. The van der Waals surface area contributed by atoms with E-state index in [9.17, 15) is 9.18 Å². The Labute approximate surface area is 166 Å². The molecule has 0 spiro atoms. The number of fused-ring (bicyclic) bond motifs is 1. The molecule has 1 aromatic heterocycles. The fourth-order valence-electron chi connectivity index (χ4n) is 4.05. The van der Waals surface area contributed by atoms with Gasteiger partial charge in [0, 0.05) is 18.8 Å². The highest BCUT2D eigenvalue weighted by atomic mass is 32.2. The highest BCUT2D eigenvalue weighted by Gasteiger charge is 2.32. The quantitative estimate of drug-likeness (QED) is 0.738. The Morgan fingerprint density at radius 2 is 2.11 bits per heavy atom. The number of likely N-dealkylation sites (tertiary alicyclic amines) is 1. The summed E-state index contributed by atoms with van der Waals surface area (Å²) < 4.78 is 14.0. The van der Waals surface area contributed by atoms with Gasteiger partial charge in [0.15, 0.2) is 4.34 Å². The summed E-state index contributed by atoms with van der Waals surface area (Å²) in [6, 6.07) is 6.22. The first kappa shape index (κ1) is 18.7. The molecular weight excluding hydrogens is 383 g/mol. The fourth-order valence-corrected chi connectivity index (χ4v) is 5.73. The average Bonchev–Trinajstić information content (AvgIpc) is 3.13. The molecule has 0 bridgehead atoms. The van der Waals surface area contributed by atoms with Crippen LogP contribution in [0.15, 0.2) is 28.6 Å². The third kappa shape index (κ3) is 4.79. The van der Waals surface area contributed by atoms with Crippen molar-refractivity contribution in [1.82, 2.24) is 15.1 Å². The molecule has 1 N–H and O–H groups in total. The van der Waals surface area contributed by atoms with Gasteiger partial charge in [-0.1, -0.05) is 48.4 Å². The van der Waals surface area contributed by atoms with Gasteiger partial charge < -0.3 is 10.2 Å². The minimum absolute atomic E-state index is 0.193. The summed E-state index contributed by atoms with van der Waals surface area (Å²) in [6.07, 6.45) is 6.43. The second-order valence-electron chi connectivity index (χ2n) is 7.23.